The van der Waals surface area contributed by atoms with Crippen LogP contribution in [0.5, 0.6) is 11.5 Å². The molecular formula is C21H20O3. The molecule has 24 heavy (non-hydrogen) atoms. The van der Waals surface area contributed by atoms with Crippen LogP contribution in [0.15, 0.2) is 60.2 Å². The molecule has 0 unspecified atom stereocenters. The van der Waals surface area contributed by atoms with Crippen LogP contribution in [-0.4, -0.2) is 11.4 Å². The molecule has 0 aromatic heterocycles. The summed E-state index contributed by atoms with van der Waals surface area (Å²) in [6, 6.07) is 10.6. The van der Waals surface area contributed by atoms with Gasteiger partial charge in [0, 0.05) is 16.7 Å². The lowest BCUT2D eigenvalue weighted by atomic mass is 9.83. The zero-order valence-corrected chi connectivity index (χ0v) is 14.0. The van der Waals surface area contributed by atoms with Crippen molar-refractivity contribution in [3.63, 3.8) is 0 Å². The van der Waals surface area contributed by atoms with E-state index in [1.807, 2.05) is 51.1 Å². The molecule has 0 amide bonds. The Balaban J connectivity index is 2.21. The van der Waals surface area contributed by atoms with Gasteiger partial charge in [0.1, 0.15) is 17.8 Å². The number of hydrogen-bond acceptors (Lipinski definition) is 3. The number of carbonyl (C=O) groups excluding carboxylic acids is 1. The number of benzene rings is 2. The van der Waals surface area contributed by atoms with Crippen LogP contribution in [0.25, 0.3) is 11.1 Å². The number of fused-ring (bicyclic) bond motifs is 3. The Kier molecular flexibility index (Phi) is 4.02. The van der Waals surface area contributed by atoms with Gasteiger partial charge in [-0.15, -0.1) is 0 Å². The molecule has 0 spiro atoms. The number of carbonyl (C=O) groups is 1. The summed E-state index contributed by atoms with van der Waals surface area (Å²) in [7, 11) is 0. The molecule has 0 saturated heterocycles. The molecule has 122 valence electrons. The van der Waals surface area contributed by atoms with Crippen LogP contribution in [0.4, 0.5) is 0 Å². The zero-order valence-electron chi connectivity index (χ0n) is 14.0. The SMILES string of the molecule is CC(C)=C/C=C/[C@]1(C)Oc2ccc(O)cc2-c2cc(C=O)ccc21. The van der Waals surface area contributed by atoms with Crippen LogP contribution in [0.3, 0.4) is 0 Å². The number of hydrogen-bond donors (Lipinski definition) is 1. The highest BCUT2D eigenvalue weighted by molar-refractivity contribution is 5.84. The fourth-order valence-corrected chi connectivity index (χ4v) is 2.94. The van der Waals surface area contributed by atoms with Crippen LogP contribution < -0.4 is 4.74 Å². The number of rotatable bonds is 3. The van der Waals surface area contributed by atoms with Crippen LogP contribution in [-0.2, 0) is 5.60 Å². The summed E-state index contributed by atoms with van der Waals surface area (Å²) in [5.74, 6) is 0.858. The Morgan fingerprint density at radius 3 is 2.62 bits per heavy atom. The molecule has 3 heteroatoms. The maximum atomic E-state index is 11.2. The van der Waals surface area contributed by atoms with E-state index in [9.17, 15) is 9.90 Å². The quantitative estimate of drug-likeness (QED) is 0.639. The fourth-order valence-electron chi connectivity index (χ4n) is 2.94. The van der Waals surface area contributed by atoms with Crippen molar-refractivity contribution in [2.24, 2.45) is 0 Å². The average molecular weight is 320 g/mol. The van der Waals surface area contributed by atoms with Crippen molar-refractivity contribution in [2.75, 3.05) is 0 Å². The largest absolute Gasteiger partial charge is 0.508 e. The van der Waals surface area contributed by atoms with Gasteiger partial charge in [-0.05, 0) is 56.7 Å². The normalized spacial score (nSPS) is 18.5. The lowest BCUT2D eigenvalue weighted by Crippen LogP contribution is -2.30. The molecule has 0 radical (unpaired) electrons. The number of phenolic OH excluding ortho intramolecular Hbond substituents is 1. The number of allylic oxidation sites excluding steroid dienone is 3. The topological polar surface area (TPSA) is 46.5 Å². The predicted octanol–water partition coefficient (Wildman–Crippen LogP) is 5.00. The molecular weight excluding hydrogens is 300 g/mol. The molecule has 2 aromatic rings. The third-order valence-corrected chi connectivity index (χ3v) is 4.13. The molecule has 1 aliphatic rings. The van der Waals surface area contributed by atoms with Gasteiger partial charge in [-0.2, -0.15) is 0 Å². The summed E-state index contributed by atoms with van der Waals surface area (Å²) in [4.78, 5) is 11.2. The van der Waals surface area contributed by atoms with Crippen molar-refractivity contribution < 1.29 is 14.6 Å². The van der Waals surface area contributed by atoms with E-state index in [1.165, 1.54) is 5.57 Å². The number of aldehydes is 1. The first-order chi connectivity index (χ1) is 11.4. The minimum absolute atomic E-state index is 0.170. The van der Waals surface area contributed by atoms with Gasteiger partial charge in [-0.1, -0.05) is 29.9 Å². The maximum Gasteiger partial charge on any atom is 0.150 e. The highest BCUT2D eigenvalue weighted by atomic mass is 16.5. The van der Waals surface area contributed by atoms with Gasteiger partial charge in [0.15, 0.2) is 5.60 Å². The van der Waals surface area contributed by atoms with E-state index in [2.05, 4.69) is 0 Å². The molecule has 1 aliphatic heterocycles. The van der Waals surface area contributed by atoms with Gasteiger partial charge in [-0.25, -0.2) is 0 Å². The minimum atomic E-state index is -0.646. The van der Waals surface area contributed by atoms with Crippen LogP contribution in [0.1, 0.15) is 36.7 Å². The van der Waals surface area contributed by atoms with Crippen LogP contribution in [0.2, 0.25) is 0 Å². The van der Waals surface area contributed by atoms with Crippen molar-refractivity contribution in [2.45, 2.75) is 26.4 Å². The Morgan fingerprint density at radius 2 is 1.92 bits per heavy atom. The highest BCUT2D eigenvalue weighted by Gasteiger charge is 2.34. The van der Waals surface area contributed by atoms with Gasteiger partial charge < -0.3 is 9.84 Å². The molecule has 0 aliphatic carbocycles. The van der Waals surface area contributed by atoms with Gasteiger partial charge >= 0.3 is 0 Å². The Morgan fingerprint density at radius 1 is 1.12 bits per heavy atom. The van der Waals surface area contributed by atoms with E-state index in [1.54, 1.807) is 24.3 Å². The predicted molar refractivity (Wildman–Crippen MR) is 95.5 cm³/mol. The van der Waals surface area contributed by atoms with Crippen molar-refractivity contribution in [1.29, 1.82) is 0 Å². The van der Waals surface area contributed by atoms with Crippen molar-refractivity contribution >= 4 is 6.29 Å². The summed E-state index contributed by atoms with van der Waals surface area (Å²) >= 11 is 0. The summed E-state index contributed by atoms with van der Waals surface area (Å²) in [6.45, 7) is 6.07. The zero-order chi connectivity index (χ0) is 17.3. The second-order valence-corrected chi connectivity index (χ2v) is 6.42. The molecule has 1 N–H and O–H groups in total. The van der Waals surface area contributed by atoms with Crippen molar-refractivity contribution in [1.82, 2.24) is 0 Å². The molecule has 0 fully saturated rings. The summed E-state index contributed by atoms with van der Waals surface area (Å²) in [5.41, 5.74) is 3.81. The number of aromatic hydroxyl groups is 1. The molecule has 1 heterocycles. The Labute approximate surface area is 141 Å². The molecule has 0 bridgehead atoms. The first-order valence-corrected chi connectivity index (χ1v) is 7.88. The van der Waals surface area contributed by atoms with E-state index in [-0.39, 0.29) is 5.75 Å². The van der Waals surface area contributed by atoms with Crippen LogP contribution >= 0.6 is 0 Å². The van der Waals surface area contributed by atoms with E-state index >= 15 is 0 Å². The third kappa shape index (κ3) is 2.85. The lowest BCUT2D eigenvalue weighted by Gasteiger charge is -2.35. The molecule has 1 atom stereocenters. The second kappa shape index (κ2) is 6.00. The van der Waals surface area contributed by atoms with Gasteiger partial charge in [0.05, 0.1) is 0 Å². The summed E-state index contributed by atoms with van der Waals surface area (Å²) in [5, 5.41) is 9.83. The molecule has 0 saturated carbocycles. The highest BCUT2D eigenvalue weighted by Crippen LogP contribution is 2.47. The first-order valence-electron chi connectivity index (χ1n) is 7.88. The van der Waals surface area contributed by atoms with E-state index in [0.29, 0.717) is 11.3 Å². The van der Waals surface area contributed by atoms with E-state index < -0.39 is 5.60 Å². The molecule has 2 aromatic carbocycles. The fraction of sp³-hybridized carbons (Fsp3) is 0.190. The monoisotopic (exact) mass is 320 g/mol. The standard InChI is InChI=1S/C21H20O3/c1-14(2)5-4-10-21(3)19-8-6-15(13-22)11-17(19)18-12-16(23)7-9-20(18)24-21/h4-13,23H,1-3H3/b10-4+/t21-/m0/s1. The van der Waals surface area contributed by atoms with Crippen LogP contribution in [0, 0.1) is 0 Å². The van der Waals surface area contributed by atoms with Gasteiger partial charge in [0.2, 0.25) is 0 Å². The van der Waals surface area contributed by atoms with Gasteiger partial charge in [0.25, 0.3) is 0 Å². The summed E-state index contributed by atoms with van der Waals surface area (Å²) in [6.07, 6.45) is 6.85. The van der Waals surface area contributed by atoms with Gasteiger partial charge in [-0.3, -0.25) is 4.79 Å². The second-order valence-electron chi connectivity index (χ2n) is 6.42. The average Bonchev–Trinajstić information content (AvgIpc) is 2.55. The Hall–Kier alpha value is -2.81. The molecule has 3 rings (SSSR count). The summed E-state index contributed by atoms with van der Waals surface area (Å²) < 4.78 is 6.24. The Bertz CT molecular complexity index is 857. The number of ether oxygens (including phenoxy) is 1. The molecule has 3 nitrogen and oxygen atoms in total. The number of phenols is 1. The minimum Gasteiger partial charge on any atom is -0.508 e. The van der Waals surface area contributed by atoms with E-state index in [0.717, 1.165) is 23.0 Å². The smallest absolute Gasteiger partial charge is 0.150 e. The third-order valence-electron chi connectivity index (χ3n) is 4.13. The first kappa shape index (κ1) is 16.1. The van der Waals surface area contributed by atoms with Crippen molar-refractivity contribution in [3.8, 4) is 22.6 Å². The lowest BCUT2D eigenvalue weighted by molar-refractivity contribution is 0.112. The van der Waals surface area contributed by atoms with Crippen molar-refractivity contribution in [3.05, 3.63) is 71.3 Å². The maximum absolute atomic E-state index is 11.2. The van der Waals surface area contributed by atoms with E-state index in [4.69, 9.17) is 4.74 Å².